The van der Waals surface area contributed by atoms with Gasteiger partial charge in [0, 0.05) is 37.6 Å². The lowest BCUT2D eigenvalue weighted by Crippen LogP contribution is -2.33. The highest BCUT2D eigenvalue weighted by molar-refractivity contribution is 7.89. The summed E-state index contributed by atoms with van der Waals surface area (Å²) in [5.74, 6) is -1.50. The Balaban J connectivity index is 2.14. The van der Waals surface area contributed by atoms with Gasteiger partial charge >= 0.3 is 0 Å². The number of halogens is 3. The molecule has 0 aliphatic carbocycles. The highest BCUT2D eigenvalue weighted by atomic mass is 35.5. The van der Waals surface area contributed by atoms with Crippen molar-refractivity contribution in [1.29, 1.82) is 0 Å². The SMILES string of the molecule is CN([C@@H](c1ccc(Cl)cc1)c1nccn1C)S(=O)(=O)c1cc(F)cc(F)c1. The van der Waals surface area contributed by atoms with Crippen LogP contribution in [0.5, 0.6) is 0 Å². The molecule has 27 heavy (non-hydrogen) atoms. The molecule has 0 unspecified atom stereocenters. The number of hydrogen-bond donors (Lipinski definition) is 0. The second-order valence-corrected chi connectivity index (χ2v) is 8.41. The first-order valence-electron chi connectivity index (χ1n) is 7.87. The zero-order chi connectivity index (χ0) is 19.8. The number of sulfonamides is 1. The summed E-state index contributed by atoms with van der Waals surface area (Å²) in [6, 6.07) is 8.00. The predicted molar refractivity (Wildman–Crippen MR) is 97.8 cm³/mol. The molecular formula is C18H16ClF2N3O2S. The Labute approximate surface area is 160 Å². The summed E-state index contributed by atoms with van der Waals surface area (Å²) in [6.45, 7) is 0. The lowest BCUT2D eigenvalue weighted by molar-refractivity contribution is 0.397. The van der Waals surface area contributed by atoms with Crippen LogP contribution in [0.1, 0.15) is 17.4 Å². The van der Waals surface area contributed by atoms with Crippen molar-refractivity contribution in [1.82, 2.24) is 13.9 Å². The van der Waals surface area contributed by atoms with Crippen LogP contribution in [0.2, 0.25) is 5.02 Å². The summed E-state index contributed by atoms with van der Waals surface area (Å²) in [6.07, 6.45) is 3.22. The molecule has 0 bridgehead atoms. The summed E-state index contributed by atoms with van der Waals surface area (Å²) in [7, 11) is -1.15. The van der Waals surface area contributed by atoms with Gasteiger partial charge in [-0.1, -0.05) is 23.7 Å². The van der Waals surface area contributed by atoms with E-state index >= 15 is 0 Å². The van der Waals surface area contributed by atoms with E-state index in [2.05, 4.69) is 4.98 Å². The van der Waals surface area contributed by atoms with E-state index in [1.807, 2.05) is 0 Å². The van der Waals surface area contributed by atoms with Crippen LogP contribution in [-0.4, -0.2) is 29.3 Å². The van der Waals surface area contributed by atoms with Crippen LogP contribution in [0, 0.1) is 11.6 Å². The van der Waals surface area contributed by atoms with Crippen LogP contribution in [0.15, 0.2) is 59.8 Å². The van der Waals surface area contributed by atoms with Crippen LogP contribution in [0.3, 0.4) is 0 Å². The van der Waals surface area contributed by atoms with Gasteiger partial charge in [-0.25, -0.2) is 22.2 Å². The number of aryl methyl sites for hydroxylation is 1. The molecule has 142 valence electrons. The van der Waals surface area contributed by atoms with Gasteiger partial charge in [0.2, 0.25) is 10.0 Å². The van der Waals surface area contributed by atoms with Gasteiger partial charge in [0.05, 0.1) is 4.90 Å². The Hall–Kier alpha value is -2.29. The van der Waals surface area contributed by atoms with Crippen molar-refractivity contribution >= 4 is 21.6 Å². The molecular weight excluding hydrogens is 396 g/mol. The summed E-state index contributed by atoms with van der Waals surface area (Å²) >= 11 is 5.94. The molecule has 3 aromatic rings. The summed E-state index contributed by atoms with van der Waals surface area (Å²) in [5.41, 5.74) is 0.608. The fourth-order valence-electron chi connectivity index (χ4n) is 2.79. The van der Waals surface area contributed by atoms with Crippen molar-refractivity contribution in [3.8, 4) is 0 Å². The molecule has 5 nitrogen and oxygen atoms in total. The number of benzene rings is 2. The molecule has 0 aliphatic heterocycles. The van der Waals surface area contributed by atoms with Gasteiger partial charge in [0.25, 0.3) is 0 Å². The van der Waals surface area contributed by atoms with Crippen molar-refractivity contribution in [3.05, 3.63) is 82.9 Å². The quantitative estimate of drug-likeness (QED) is 0.642. The van der Waals surface area contributed by atoms with Gasteiger partial charge in [0.1, 0.15) is 23.5 Å². The average molecular weight is 412 g/mol. The molecule has 0 saturated heterocycles. The van der Waals surface area contributed by atoms with E-state index in [1.54, 1.807) is 48.3 Å². The van der Waals surface area contributed by atoms with Gasteiger partial charge in [-0.05, 0) is 29.8 Å². The van der Waals surface area contributed by atoms with E-state index in [9.17, 15) is 17.2 Å². The molecule has 0 N–H and O–H groups in total. The lowest BCUT2D eigenvalue weighted by Gasteiger charge is -2.27. The Morgan fingerprint density at radius 3 is 2.22 bits per heavy atom. The predicted octanol–water partition coefficient (Wildman–Crippen LogP) is 3.76. The van der Waals surface area contributed by atoms with Crippen molar-refractivity contribution in [2.75, 3.05) is 7.05 Å². The first-order chi connectivity index (χ1) is 12.7. The van der Waals surface area contributed by atoms with E-state index in [-0.39, 0.29) is 0 Å². The summed E-state index contributed by atoms with van der Waals surface area (Å²) < 4.78 is 56.0. The van der Waals surface area contributed by atoms with Crippen LogP contribution in [-0.2, 0) is 17.1 Å². The highest BCUT2D eigenvalue weighted by Crippen LogP contribution is 2.32. The smallest absolute Gasteiger partial charge is 0.244 e. The van der Waals surface area contributed by atoms with Crippen molar-refractivity contribution < 1.29 is 17.2 Å². The monoisotopic (exact) mass is 411 g/mol. The van der Waals surface area contributed by atoms with E-state index in [0.29, 0.717) is 22.5 Å². The van der Waals surface area contributed by atoms with E-state index < -0.39 is 32.6 Å². The number of aromatic nitrogens is 2. The highest BCUT2D eigenvalue weighted by Gasteiger charge is 2.33. The van der Waals surface area contributed by atoms with E-state index in [0.717, 1.165) is 16.4 Å². The first kappa shape index (κ1) is 19.5. The fourth-order valence-corrected chi connectivity index (χ4v) is 4.26. The molecule has 0 saturated carbocycles. The van der Waals surface area contributed by atoms with Gasteiger partial charge in [-0.15, -0.1) is 0 Å². The molecule has 1 atom stereocenters. The zero-order valence-corrected chi connectivity index (χ0v) is 16.0. The number of nitrogens with zero attached hydrogens (tertiary/aromatic N) is 3. The third-order valence-corrected chi connectivity index (χ3v) is 6.22. The second kappa shape index (κ2) is 7.38. The second-order valence-electron chi connectivity index (χ2n) is 5.98. The molecule has 1 aromatic heterocycles. The summed E-state index contributed by atoms with van der Waals surface area (Å²) in [5, 5.41) is 0.495. The number of rotatable bonds is 5. The fraction of sp³-hybridized carbons (Fsp3) is 0.167. The minimum atomic E-state index is -4.22. The van der Waals surface area contributed by atoms with Gasteiger partial charge < -0.3 is 4.57 Å². The first-order valence-corrected chi connectivity index (χ1v) is 9.69. The van der Waals surface area contributed by atoms with Crippen LogP contribution in [0.25, 0.3) is 0 Å². The maximum absolute atomic E-state index is 13.6. The largest absolute Gasteiger partial charge is 0.336 e. The van der Waals surface area contributed by atoms with Gasteiger partial charge in [0.15, 0.2) is 0 Å². The normalized spacial score (nSPS) is 13.1. The molecule has 0 spiro atoms. The average Bonchev–Trinajstić information content (AvgIpc) is 3.01. The number of hydrogen-bond acceptors (Lipinski definition) is 3. The maximum Gasteiger partial charge on any atom is 0.244 e. The molecule has 1 heterocycles. The van der Waals surface area contributed by atoms with E-state index in [4.69, 9.17) is 11.6 Å². The molecule has 0 fully saturated rings. The maximum atomic E-state index is 13.6. The Morgan fingerprint density at radius 2 is 1.70 bits per heavy atom. The molecule has 2 aromatic carbocycles. The molecule has 3 rings (SSSR count). The van der Waals surface area contributed by atoms with E-state index in [1.165, 1.54) is 7.05 Å². The van der Waals surface area contributed by atoms with Crippen LogP contribution >= 0.6 is 11.6 Å². The molecule has 9 heteroatoms. The van der Waals surface area contributed by atoms with Crippen molar-refractivity contribution in [2.24, 2.45) is 7.05 Å². The lowest BCUT2D eigenvalue weighted by atomic mass is 10.1. The van der Waals surface area contributed by atoms with Gasteiger partial charge in [-0.2, -0.15) is 4.31 Å². The Kier molecular flexibility index (Phi) is 5.32. The third kappa shape index (κ3) is 3.87. The van der Waals surface area contributed by atoms with Crippen LogP contribution < -0.4 is 0 Å². The van der Waals surface area contributed by atoms with Crippen molar-refractivity contribution in [3.63, 3.8) is 0 Å². The Bertz CT molecular complexity index is 1050. The molecule has 0 aliphatic rings. The summed E-state index contributed by atoms with van der Waals surface area (Å²) in [4.78, 5) is 3.78. The Morgan fingerprint density at radius 1 is 1.11 bits per heavy atom. The standard InChI is InChI=1S/C18H16ClF2N3O2S/c1-23-8-7-22-18(23)17(12-3-5-13(19)6-4-12)24(2)27(25,26)16-10-14(20)9-15(21)11-16/h3-11,17H,1-2H3/t17-/m0/s1. The minimum Gasteiger partial charge on any atom is -0.336 e. The zero-order valence-electron chi connectivity index (χ0n) is 14.5. The minimum absolute atomic E-state index is 0.445. The number of imidazole rings is 1. The van der Waals surface area contributed by atoms with Crippen molar-refractivity contribution in [2.45, 2.75) is 10.9 Å². The molecule has 0 amide bonds. The third-order valence-electron chi connectivity index (χ3n) is 4.17. The molecule has 0 radical (unpaired) electrons. The van der Waals surface area contributed by atoms with Gasteiger partial charge in [-0.3, -0.25) is 0 Å². The topological polar surface area (TPSA) is 55.2 Å². The van der Waals surface area contributed by atoms with Crippen LogP contribution in [0.4, 0.5) is 8.78 Å².